The van der Waals surface area contributed by atoms with Crippen LogP contribution in [0.5, 0.6) is 5.75 Å². The summed E-state index contributed by atoms with van der Waals surface area (Å²) in [6.07, 6.45) is 1.47. The lowest BCUT2D eigenvalue weighted by Crippen LogP contribution is -2.13. The molecule has 0 spiro atoms. The van der Waals surface area contributed by atoms with Crippen LogP contribution in [-0.2, 0) is 13.1 Å². The molecule has 0 fully saturated rings. The summed E-state index contributed by atoms with van der Waals surface area (Å²) in [5.74, 6) is 1.04. The molecule has 2 aromatic rings. The third-order valence-electron chi connectivity index (χ3n) is 2.14. The number of H-pyrrole nitrogens is 1. The molecule has 2 rings (SSSR count). The van der Waals surface area contributed by atoms with E-state index in [0.29, 0.717) is 17.6 Å². The Labute approximate surface area is 101 Å². The number of aromatic hydroxyl groups is 1. The van der Waals surface area contributed by atoms with Crippen LogP contribution in [0.2, 0.25) is 0 Å². The van der Waals surface area contributed by atoms with Gasteiger partial charge in [0.15, 0.2) is 0 Å². The largest absolute Gasteiger partial charge is 0.506 e. The molecule has 0 saturated carbocycles. The average Bonchev–Trinajstić information content (AvgIpc) is 2.77. The highest BCUT2D eigenvalue weighted by Crippen LogP contribution is 2.27. The number of nitrogens with zero attached hydrogens (tertiary/aromatic N) is 2. The third-order valence-corrected chi connectivity index (χ3v) is 2.78. The highest BCUT2D eigenvalue weighted by Gasteiger charge is 2.04. The second-order valence-corrected chi connectivity index (χ2v) is 4.14. The highest BCUT2D eigenvalue weighted by atomic mass is 79.9. The molecule has 0 aliphatic rings. The van der Waals surface area contributed by atoms with Crippen molar-refractivity contribution in [2.75, 3.05) is 0 Å². The fraction of sp³-hybridized carbons (Fsp3) is 0.200. The molecule has 84 valence electrons. The van der Waals surface area contributed by atoms with E-state index in [1.54, 1.807) is 6.07 Å². The number of rotatable bonds is 4. The SMILES string of the molecule is Oc1c(Br)cccc1CNCc1ncn[nH]1. The molecule has 0 radical (unpaired) electrons. The van der Waals surface area contributed by atoms with Gasteiger partial charge in [0, 0.05) is 12.1 Å². The number of halogens is 1. The monoisotopic (exact) mass is 282 g/mol. The number of phenolic OH excluding ortho intramolecular Hbond substituents is 1. The Hall–Kier alpha value is -1.40. The maximum absolute atomic E-state index is 9.73. The number of aromatic amines is 1. The molecular formula is C10H11BrN4O. The molecule has 1 aromatic carbocycles. The summed E-state index contributed by atoms with van der Waals surface area (Å²) < 4.78 is 0.700. The third kappa shape index (κ3) is 2.59. The fourth-order valence-corrected chi connectivity index (χ4v) is 1.74. The molecule has 0 saturated heterocycles. The van der Waals surface area contributed by atoms with Crippen molar-refractivity contribution in [1.29, 1.82) is 0 Å². The van der Waals surface area contributed by atoms with E-state index in [0.717, 1.165) is 11.4 Å². The van der Waals surface area contributed by atoms with Gasteiger partial charge in [0.2, 0.25) is 0 Å². The van der Waals surface area contributed by atoms with Gasteiger partial charge >= 0.3 is 0 Å². The van der Waals surface area contributed by atoms with Gasteiger partial charge in [0.05, 0.1) is 11.0 Å². The quantitative estimate of drug-likeness (QED) is 0.796. The van der Waals surface area contributed by atoms with Crippen molar-refractivity contribution < 1.29 is 5.11 Å². The smallest absolute Gasteiger partial charge is 0.138 e. The van der Waals surface area contributed by atoms with Gasteiger partial charge in [-0.1, -0.05) is 12.1 Å². The van der Waals surface area contributed by atoms with Crippen LogP contribution >= 0.6 is 15.9 Å². The van der Waals surface area contributed by atoms with Gasteiger partial charge in [-0.15, -0.1) is 0 Å². The first-order valence-corrected chi connectivity index (χ1v) is 5.58. The summed E-state index contributed by atoms with van der Waals surface area (Å²) in [5, 5.41) is 19.4. The molecule has 0 bridgehead atoms. The molecule has 5 nitrogen and oxygen atoms in total. The van der Waals surface area contributed by atoms with Crippen LogP contribution in [0.4, 0.5) is 0 Å². The zero-order chi connectivity index (χ0) is 11.4. The van der Waals surface area contributed by atoms with Crippen molar-refractivity contribution in [2.24, 2.45) is 0 Å². The van der Waals surface area contributed by atoms with E-state index >= 15 is 0 Å². The van der Waals surface area contributed by atoms with Crippen LogP contribution in [0.1, 0.15) is 11.4 Å². The van der Waals surface area contributed by atoms with Crippen LogP contribution in [0, 0.1) is 0 Å². The summed E-state index contributed by atoms with van der Waals surface area (Å²) in [6, 6.07) is 5.55. The highest BCUT2D eigenvalue weighted by molar-refractivity contribution is 9.10. The summed E-state index contributed by atoms with van der Waals surface area (Å²) in [7, 11) is 0. The van der Waals surface area contributed by atoms with Crippen molar-refractivity contribution >= 4 is 15.9 Å². The Bertz CT molecular complexity index is 458. The number of hydrogen-bond donors (Lipinski definition) is 3. The van der Waals surface area contributed by atoms with Crippen molar-refractivity contribution in [3.8, 4) is 5.75 Å². The maximum Gasteiger partial charge on any atom is 0.138 e. The second kappa shape index (κ2) is 5.09. The predicted octanol–water partition coefficient (Wildman–Crippen LogP) is 1.56. The topological polar surface area (TPSA) is 73.8 Å². The fourth-order valence-electron chi connectivity index (χ4n) is 1.33. The van der Waals surface area contributed by atoms with Gasteiger partial charge in [-0.2, -0.15) is 5.10 Å². The number of hydrogen-bond acceptors (Lipinski definition) is 4. The molecule has 0 atom stereocenters. The molecule has 1 aromatic heterocycles. The van der Waals surface area contributed by atoms with E-state index in [2.05, 4.69) is 36.4 Å². The zero-order valence-corrected chi connectivity index (χ0v) is 10.0. The van der Waals surface area contributed by atoms with Gasteiger partial charge in [-0.05, 0) is 22.0 Å². The number of nitrogens with one attached hydrogen (secondary N) is 2. The normalized spacial score (nSPS) is 10.6. The summed E-state index contributed by atoms with van der Waals surface area (Å²) in [6.45, 7) is 1.16. The average molecular weight is 283 g/mol. The molecule has 3 N–H and O–H groups in total. The number of aromatic nitrogens is 3. The van der Waals surface area contributed by atoms with Gasteiger partial charge in [0.25, 0.3) is 0 Å². The second-order valence-electron chi connectivity index (χ2n) is 3.28. The first-order chi connectivity index (χ1) is 7.77. The van der Waals surface area contributed by atoms with E-state index in [9.17, 15) is 5.11 Å². The Morgan fingerprint density at radius 3 is 3.00 bits per heavy atom. The minimum atomic E-state index is 0.271. The molecule has 0 unspecified atom stereocenters. The molecule has 0 aliphatic carbocycles. The van der Waals surface area contributed by atoms with Crippen LogP contribution in [0.15, 0.2) is 29.0 Å². The Kier molecular flexibility index (Phi) is 3.53. The van der Waals surface area contributed by atoms with Gasteiger partial charge in [0.1, 0.15) is 17.9 Å². The minimum absolute atomic E-state index is 0.271. The van der Waals surface area contributed by atoms with Crippen molar-refractivity contribution in [3.05, 3.63) is 40.4 Å². The van der Waals surface area contributed by atoms with Crippen LogP contribution < -0.4 is 5.32 Å². The number of benzene rings is 1. The first kappa shape index (κ1) is 11.1. The lowest BCUT2D eigenvalue weighted by Gasteiger charge is -2.06. The van der Waals surface area contributed by atoms with Crippen molar-refractivity contribution in [3.63, 3.8) is 0 Å². The first-order valence-electron chi connectivity index (χ1n) is 4.78. The standard InChI is InChI=1S/C10H11BrN4O/c11-8-3-1-2-7(10(8)16)4-12-5-9-13-6-14-15-9/h1-3,6,12,16H,4-5H2,(H,13,14,15). The van der Waals surface area contributed by atoms with Crippen LogP contribution in [0.3, 0.4) is 0 Å². The van der Waals surface area contributed by atoms with Crippen LogP contribution in [0.25, 0.3) is 0 Å². The predicted molar refractivity (Wildman–Crippen MR) is 62.7 cm³/mol. The molecule has 0 aliphatic heterocycles. The number of para-hydroxylation sites is 1. The molecule has 0 amide bonds. The van der Waals surface area contributed by atoms with E-state index in [1.165, 1.54) is 6.33 Å². The zero-order valence-electron chi connectivity index (χ0n) is 8.44. The van der Waals surface area contributed by atoms with Gasteiger partial charge in [-0.25, -0.2) is 4.98 Å². The van der Waals surface area contributed by atoms with Crippen LogP contribution in [-0.4, -0.2) is 20.3 Å². The summed E-state index contributed by atoms with van der Waals surface area (Å²) in [4.78, 5) is 3.99. The van der Waals surface area contributed by atoms with Crippen molar-refractivity contribution in [2.45, 2.75) is 13.1 Å². The minimum Gasteiger partial charge on any atom is -0.506 e. The molecule has 6 heteroatoms. The molecule has 1 heterocycles. The maximum atomic E-state index is 9.73. The Morgan fingerprint density at radius 2 is 2.25 bits per heavy atom. The summed E-state index contributed by atoms with van der Waals surface area (Å²) >= 11 is 3.27. The molecule has 16 heavy (non-hydrogen) atoms. The lowest BCUT2D eigenvalue weighted by molar-refractivity contribution is 0.460. The Balaban J connectivity index is 1.92. The van der Waals surface area contributed by atoms with E-state index in [1.807, 2.05) is 12.1 Å². The number of phenols is 1. The Morgan fingerprint density at radius 1 is 1.38 bits per heavy atom. The van der Waals surface area contributed by atoms with Crippen molar-refractivity contribution in [1.82, 2.24) is 20.5 Å². The van der Waals surface area contributed by atoms with E-state index in [4.69, 9.17) is 0 Å². The van der Waals surface area contributed by atoms with E-state index in [-0.39, 0.29) is 5.75 Å². The summed E-state index contributed by atoms with van der Waals surface area (Å²) in [5.41, 5.74) is 0.842. The van der Waals surface area contributed by atoms with E-state index < -0.39 is 0 Å². The molecular weight excluding hydrogens is 272 g/mol. The van der Waals surface area contributed by atoms with Gasteiger partial charge in [-0.3, -0.25) is 5.10 Å². The lowest BCUT2D eigenvalue weighted by atomic mass is 10.2. The van der Waals surface area contributed by atoms with Gasteiger partial charge < -0.3 is 10.4 Å².